The molecule has 110 valence electrons. The lowest BCUT2D eigenvalue weighted by Crippen LogP contribution is -2.35. The molecule has 0 aromatic carbocycles. The molecule has 1 heterocycles. The van der Waals surface area contributed by atoms with E-state index >= 15 is 0 Å². The normalized spacial score (nSPS) is 12.6. The molecule has 0 bridgehead atoms. The molecule has 1 aromatic heterocycles. The fraction of sp³-hybridized carbons (Fsp3) is 0.533. The minimum Gasteiger partial charge on any atom is -0.466 e. The van der Waals surface area contributed by atoms with Crippen molar-refractivity contribution in [2.45, 2.75) is 40.2 Å². The smallest absolute Gasteiger partial charge is 0.312 e. The van der Waals surface area contributed by atoms with E-state index in [-0.39, 0.29) is 24.3 Å². The van der Waals surface area contributed by atoms with Gasteiger partial charge in [0.2, 0.25) is 5.91 Å². The van der Waals surface area contributed by atoms with Crippen LogP contribution >= 0.6 is 0 Å². The Balaban J connectivity index is 2.57. The lowest BCUT2D eigenvalue weighted by atomic mass is 9.89. The summed E-state index contributed by atoms with van der Waals surface area (Å²) in [6, 6.07) is 3.57. The maximum absolute atomic E-state index is 12.0. The number of rotatable bonds is 6. The van der Waals surface area contributed by atoms with Gasteiger partial charge in [-0.3, -0.25) is 14.6 Å². The van der Waals surface area contributed by atoms with E-state index < -0.39 is 5.41 Å². The average molecular weight is 278 g/mol. The molecule has 0 unspecified atom stereocenters. The summed E-state index contributed by atoms with van der Waals surface area (Å²) in [7, 11) is 0. The number of carbonyl (C=O) groups excluding carboxylic acids is 2. The molecule has 5 heteroatoms. The number of aromatic nitrogens is 1. The van der Waals surface area contributed by atoms with E-state index in [9.17, 15) is 9.59 Å². The predicted octanol–water partition coefficient (Wildman–Crippen LogP) is 2.24. The largest absolute Gasteiger partial charge is 0.466 e. The summed E-state index contributed by atoms with van der Waals surface area (Å²) >= 11 is 0. The van der Waals surface area contributed by atoms with Gasteiger partial charge in [-0.25, -0.2) is 0 Å². The van der Waals surface area contributed by atoms with Gasteiger partial charge < -0.3 is 10.1 Å². The zero-order valence-corrected chi connectivity index (χ0v) is 12.5. The monoisotopic (exact) mass is 278 g/mol. The van der Waals surface area contributed by atoms with E-state index in [1.165, 1.54) is 0 Å². The van der Waals surface area contributed by atoms with Crippen molar-refractivity contribution in [2.75, 3.05) is 6.61 Å². The topological polar surface area (TPSA) is 68.3 Å². The Bertz CT molecular complexity index is 457. The second-order valence-corrected chi connectivity index (χ2v) is 5.36. The molecule has 20 heavy (non-hydrogen) atoms. The molecule has 0 aliphatic carbocycles. The first-order valence-electron chi connectivity index (χ1n) is 6.73. The van der Waals surface area contributed by atoms with Crippen LogP contribution in [0.25, 0.3) is 0 Å². The standard InChI is InChI=1S/C15H22N2O3/c1-5-20-14(19)15(3,4)9-13(18)17-11(2)12-7-6-8-16-10-12/h6-8,10-11H,5,9H2,1-4H3,(H,17,18)/t11-/m1/s1. The first-order valence-corrected chi connectivity index (χ1v) is 6.73. The summed E-state index contributed by atoms with van der Waals surface area (Å²) in [4.78, 5) is 27.8. The lowest BCUT2D eigenvalue weighted by Gasteiger charge is -2.23. The van der Waals surface area contributed by atoms with Crippen LogP contribution in [0.2, 0.25) is 0 Å². The van der Waals surface area contributed by atoms with Crippen molar-refractivity contribution in [2.24, 2.45) is 5.41 Å². The van der Waals surface area contributed by atoms with Crippen molar-refractivity contribution in [3.8, 4) is 0 Å². The number of ether oxygens (including phenoxy) is 1. The summed E-state index contributed by atoms with van der Waals surface area (Å²) in [5.74, 6) is -0.538. The third-order valence-corrected chi connectivity index (χ3v) is 2.99. The van der Waals surface area contributed by atoms with E-state index in [1.54, 1.807) is 33.2 Å². The van der Waals surface area contributed by atoms with Crippen LogP contribution in [-0.2, 0) is 14.3 Å². The Morgan fingerprint density at radius 2 is 2.15 bits per heavy atom. The number of esters is 1. The number of carbonyl (C=O) groups is 2. The molecule has 5 nitrogen and oxygen atoms in total. The molecule has 1 atom stereocenters. The molecule has 0 aliphatic rings. The van der Waals surface area contributed by atoms with Gasteiger partial charge in [0.1, 0.15) is 0 Å². The third-order valence-electron chi connectivity index (χ3n) is 2.99. The average Bonchev–Trinajstić information content (AvgIpc) is 2.39. The highest BCUT2D eigenvalue weighted by atomic mass is 16.5. The molecule has 0 saturated heterocycles. The van der Waals surface area contributed by atoms with Gasteiger partial charge in [-0.15, -0.1) is 0 Å². The van der Waals surface area contributed by atoms with Crippen LogP contribution in [0.5, 0.6) is 0 Å². The number of hydrogen-bond acceptors (Lipinski definition) is 4. The Morgan fingerprint density at radius 1 is 1.45 bits per heavy atom. The van der Waals surface area contributed by atoms with Crippen molar-refractivity contribution in [1.82, 2.24) is 10.3 Å². The van der Waals surface area contributed by atoms with Gasteiger partial charge in [0.25, 0.3) is 0 Å². The quantitative estimate of drug-likeness (QED) is 0.810. The molecule has 0 aliphatic heterocycles. The van der Waals surface area contributed by atoms with Crippen LogP contribution in [0.3, 0.4) is 0 Å². The van der Waals surface area contributed by atoms with Crippen molar-refractivity contribution in [3.63, 3.8) is 0 Å². The first-order chi connectivity index (χ1) is 9.36. The Kier molecular flexibility index (Phi) is 5.67. The van der Waals surface area contributed by atoms with Crippen LogP contribution in [0.15, 0.2) is 24.5 Å². The van der Waals surface area contributed by atoms with Gasteiger partial charge in [0, 0.05) is 18.8 Å². The predicted molar refractivity (Wildman–Crippen MR) is 75.8 cm³/mol. The van der Waals surface area contributed by atoms with Crippen molar-refractivity contribution in [1.29, 1.82) is 0 Å². The molecule has 1 amide bonds. The van der Waals surface area contributed by atoms with Gasteiger partial charge in [0.05, 0.1) is 18.1 Å². The number of nitrogens with zero attached hydrogens (tertiary/aromatic N) is 1. The summed E-state index contributed by atoms with van der Waals surface area (Å²) in [6.45, 7) is 7.36. The van der Waals surface area contributed by atoms with Crippen molar-refractivity contribution in [3.05, 3.63) is 30.1 Å². The van der Waals surface area contributed by atoms with Crippen molar-refractivity contribution >= 4 is 11.9 Å². The van der Waals surface area contributed by atoms with Crippen molar-refractivity contribution < 1.29 is 14.3 Å². The molecular weight excluding hydrogens is 256 g/mol. The molecule has 0 radical (unpaired) electrons. The van der Waals surface area contributed by atoms with Gasteiger partial charge >= 0.3 is 5.97 Å². The highest BCUT2D eigenvalue weighted by Crippen LogP contribution is 2.23. The lowest BCUT2D eigenvalue weighted by molar-refractivity contribution is -0.155. The molecule has 1 rings (SSSR count). The highest BCUT2D eigenvalue weighted by molar-refractivity contribution is 5.85. The summed E-state index contributed by atoms with van der Waals surface area (Å²) in [5, 5.41) is 2.86. The van der Waals surface area contributed by atoms with Gasteiger partial charge in [-0.1, -0.05) is 6.07 Å². The van der Waals surface area contributed by atoms with Crippen LogP contribution in [0, 0.1) is 5.41 Å². The van der Waals surface area contributed by atoms with Crippen LogP contribution in [-0.4, -0.2) is 23.5 Å². The van der Waals surface area contributed by atoms with E-state index in [0.29, 0.717) is 6.61 Å². The maximum Gasteiger partial charge on any atom is 0.312 e. The third kappa shape index (κ3) is 4.64. The molecule has 0 fully saturated rings. The Morgan fingerprint density at radius 3 is 2.70 bits per heavy atom. The van der Waals surface area contributed by atoms with E-state index in [4.69, 9.17) is 4.74 Å². The molecule has 1 N–H and O–H groups in total. The zero-order valence-electron chi connectivity index (χ0n) is 12.5. The van der Waals surface area contributed by atoms with Gasteiger partial charge in [-0.2, -0.15) is 0 Å². The maximum atomic E-state index is 12.0. The van der Waals surface area contributed by atoms with Gasteiger partial charge in [0.15, 0.2) is 0 Å². The Labute approximate surface area is 119 Å². The molecule has 0 spiro atoms. The number of pyridine rings is 1. The summed E-state index contributed by atoms with van der Waals surface area (Å²) in [5.41, 5.74) is 0.101. The van der Waals surface area contributed by atoms with E-state index in [2.05, 4.69) is 10.3 Å². The summed E-state index contributed by atoms with van der Waals surface area (Å²) in [6.07, 6.45) is 3.49. The Hall–Kier alpha value is -1.91. The summed E-state index contributed by atoms with van der Waals surface area (Å²) < 4.78 is 4.97. The second kappa shape index (κ2) is 7.03. The molecule has 0 saturated carbocycles. The second-order valence-electron chi connectivity index (χ2n) is 5.36. The van der Waals surface area contributed by atoms with Crippen LogP contribution in [0.1, 0.15) is 45.7 Å². The first kappa shape index (κ1) is 16.1. The number of amides is 1. The number of hydrogen-bond donors (Lipinski definition) is 1. The molecular formula is C15H22N2O3. The fourth-order valence-electron chi connectivity index (χ4n) is 1.81. The van der Waals surface area contributed by atoms with E-state index in [1.807, 2.05) is 19.1 Å². The fourth-order valence-corrected chi connectivity index (χ4v) is 1.81. The molecule has 1 aromatic rings. The number of nitrogens with one attached hydrogen (secondary N) is 1. The van der Waals surface area contributed by atoms with E-state index in [0.717, 1.165) is 5.56 Å². The minimum atomic E-state index is -0.825. The highest BCUT2D eigenvalue weighted by Gasteiger charge is 2.32. The minimum absolute atomic E-state index is 0.0937. The van der Waals surface area contributed by atoms with Crippen LogP contribution < -0.4 is 5.32 Å². The SMILES string of the molecule is CCOC(=O)C(C)(C)CC(=O)N[C@H](C)c1cccnc1. The van der Waals surface area contributed by atoms with Crippen LogP contribution in [0.4, 0.5) is 0 Å². The van der Waals surface area contributed by atoms with Gasteiger partial charge in [-0.05, 0) is 39.3 Å². The zero-order chi connectivity index (χ0) is 15.2.